The molecule has 0 bridgehead atoms. The normalized spacial score (nSPS) is 16.2. The standard InChI is InChI=1S/C12H26/c1-8-10(2)9-12(6,7)11(3,4)5/h10H,8-9H2,1-7H3. The van der Waals surface area contributed by atoms with Crippen LogP contribution in [0.5, 0.6) is 0 Å². The third-order valence-corrected chi connectivity index (χ3v) is 3.59. The minimum Gasteiger partial charge on any atom is -0.0651 e. The first kappa shape index (κ1) is 12.0. The van der Waals surface area contributed by atoms with Crippen LogP contribution in [0.3, 0.4) is 0 Å². The molecule has 0 spiro atoms. The van der Waals surface area contributed by atoms with Crippen molar-refractivity contribution in [2.24, 2.45) is 16.7 Å². The number of rotatable bonds is 3. The van der Waals surface area contributed by atoms with Crippen molar-refractivity contribution < 1.29 is 0 Å². The molecule has 1 atom stereocenters. The van der Waals surface area contributed by atoms with Crippen LogP contribution in [0.1, 0.15) is 61.3 Å². The SMILES string of the molecule is CCC(C)CC(C)(C)C(C)(C)C. The summed E-state index contributed by atoms with van der Waals surface area (Å²) in [6.45, 7) is 16.4. The molecular formula is C12H26. The maximum atomic E-state index is 2.39. The smallest absolute Gasteiger partial charge is 0.0303 e. The van der Waals surface area contributed by atoms with Gasteiger partial charge in [0.1, 0.15) is 0 Å². The van der Waals surface area contributed by atoms with Gasteiger partial charge in [0.05, 0.1) is 0 Å². The fraction of sp³-hybridized carbons (Fsp3) is 1.00. The predicted molar refractivity (Wildman–Crippen MR) is 57.3 cm³/mol. The molecule has 0 aromatic rings. The van der Waals surface area contributed by atoms with Crippen molar-refractivity contribution in [1.29, 1.82) is 0 Å². The second kappa shape index (κ2) is 3.81. The highest BCUT2D eigenvalue weighted by Crippen LogP contribution is 2.43. The molecule has 0 nitrogen and oxygen atoms in total. The van der Waals surface area contributed by atoms with E-state index in [0.717, 1.165) is 5.92 Å². The van der Waals surface area contributed by atoms with Crippen LogP contribution in [0.15, 0.2) is 0 Å². The molecule has 0 aliphatic heterocycles. The molecule has 0 fully saturated rings. The predicted octanol–water partition coefficient (Wildman–Crippen LogP) is 4.49. The Kier molecular flexibility index (Phi) is 3.81. The van der Waals surface area contributed by atoms with Crippen LogP contribution >= 0.6 is 0 Å². The zero-order valence-electron chi connectivity index (χ0n) is 9.99. The lowest BCUT2D eigenvalue weighted by molar-refractivity contribution is 0.0979. The van der Waals surface area contributed by atoms with E-state index in [0.29, 0.717) is 10.8 Å². The average molecular weight is 170 g/mol. The number of hydrogen-bond acceptors (Lipinski definition) is 0. The van der Waals surface area contributed by atoms with E-state index >= 15 is 0 Å². The maximum absolute atomic E-state index is 2.39. The summed E-state index contributed by atoms with van der Waals surface area (Å²) < 4.78 is 0. The molecule has 0 heteroatoms. The lowest BCUT2D eigenvalue weighted by Crippen LogP contribution is -2.31. The lowest BCUT2D eigenvalue weighted by atomic mass is 9.65. The molecule has 0 heterocycles. The van der Waals surface area contributed by atoms with Gasteiger partial charge in [-0.15, -0.1) is 0 Å². The summed E-state index contributed by atoms with van der Waals surface area (Å²) in [4.78, 5) is 0. The minimum absolute atomic E-state index is 0.427. The average Bonchev–Trinajstić information content (AvgIpc) is 1.84. The summed E-state index contributed by atoms with van der Waals surface area (Å²) in [5.41, 5.74) is 0.888. The van der Waals surface area contributed by atoms with Gasteiger partial charge in [-0.3, -0.25) is 0 Å². The van der Waals surface area contributed by atoms with Crippen LogP contribution in [-0.2, 0) is 0 Å². The molecule has 0 radical (unpaired) electrons. The van der Waals surface area contributed by atoms with Gasteiger partial charge in [0.25, 0.3) is 0 Å². The van der Waals surface area contributed by atoms with Gasteiger partial charge in [0, 0.05) is 0 Å². The lowest BCUT2D eigenvalue weighted by Gasteiger charge is -2.40. The molecule has 0 aromatic heterocycles. The summed E-state index contributed by atoms with van der Waals surface area (Å²) in [6, 6.07) is 0. The molecule has 12 heavy (non-hydrogen) atoms. The van der Waals surface area contributed by atoms with Crippen LogP contribution in [-0.4, -0.2) is 0 Å². The van der Waals surface area contributed by atoms with E-state index in [-0.39, 0.29) is 0 Å². The molecule has 1 unspecified atom stereocenters. The molecule has 0 N–H and O–H groups in total. The van der Waals surface area contributed by atoms with E-state index in [1.165, 1.54) is 12.8 Å². The Morgan fingerprint density at radius 3 is 1.67 bits per heavy atom. The Bertz CT molecular complexity index is 125. The quantitative estimate of drug-likeness (QED) is 0.585. The molecule has 0 rings (SSSR count). The van der Waals surface area contributed by atoms with E-state index in [9.17, 15) is 0 Å². The zero-order valence-corrected chi connectivity index (χ0v) is 9.99. The van der Waals surface area contributed by atoms with Crippen molar-refractivity contribution in [3.8, 4) is 0 Å². The van der Waals surface area contributed by atoms with Crippen molar-refractivity contribution in [3.63, 3.8) is 0 Å². The van der Waals surface area contributed by atoms with Crippen molar-refractivity contribution in [3.05, 3.63) is 0 Å². The third kappa shape index (κ3) is 3.16. The molecule has 0 aliphatic rings. The third-order valence-electron chi connectivity index (χ3n) is 3.59. The van der Waals surface area contributed by atoms with E-state index in [4.69, 9.17) is 0 Å². The van der Waals surface area contributed by atoms with E-state index < -0.39 is 0 Å². The van der Waals surface area contributed by atoms with Gasteiger partial charge in [-0.05, 0) is 23.2 Å². The van der Waals surface area contributed by atoms with Gasteiger partial charge in [0.15, 0.2) is 0 Å². The summed E-state index contributed by atoms with van der Waals surface area (Å²) in [5.74, 6) is 0.860. The van der Waals surface area contributed by atoms with E-state index in [2.05, 4.69) is 48.5 Å². The first-order valence-corrected chi connectivity index (χ1v) is 5.20. The Labute approximate surface area is 78.8 Å². The molecule has 0 amide bonds. The molecule has 0 saturated carbocycles. The van der Waals surface area contributed by atoms with Gasteiger partial charge in [-0.1, -0.05) is 54.9 Å². The Hall–Kier alpha value is 0. The summed E-state index contributed by atoms with van der Waals surface area (Å²) >= 11 is 0. The Morgan fingerprint density at radius 1 is 1.00 bits per heavy atom. The molecule has 0 saturated heterocycles. The summed E-state index contributed by atoms with van der Waals surface area (Å²) in [5, 5.41) is 0. The van der Waals surface area contributed by atoms with Crippen LogP contribution < -0.4 is 0 Å². The van der Waals surface area contributed by atoms with Gasteiger partial charge in [0.2, 0.25) is 0 Å². The van der Waals surface area contributed by atoms with Crippen molar-refractivity contribution >= 4 is 0 Å². The van der Waals surface area contributed by atoms with Crippen molar-refractivity contribution in [1.82, 2.24) is 0 Å². The van der Waals surface area contributed by atoms with Crippen LogP contribution in [0.2, 0.25) is 0 Å². The van der Waals surface area contributed by atoms with Crippen molar-refractivity contribution in [2.45, 2.75) is 61.3 Å². The van der Waals surface area contributed by atoms with Gasteiger partial charge >= 0.3 is 0 Å². The van der Waals surface area contributed by atoms with Crippen LogP contribution in [0, 0.1) is 16.7 Å². The molecule has 0 aliphatic carbocycles. The monoisotopic (exact) mass is 170 g/mol. The Balaban J connectivity index is 4.22. The van der Waals surface area contributed by atoms with Crippen LogP contribution in [0.25, 0.3) is 0 Å². The summed E-state index contributed by atoms with van der Waals surface area (Å²) in [6.07, 6.45) is 2.65. The van der Waals surface area contributed by atoms with Gasteiger partial charge in [-0.25, -0.2) is 0 Å². The Morgan fingerprint density at radius 2 is 1.42 bits per heavy atom. The van der Waals surface area contributed by atoms with Gasteiger partial charge < -0.3 is 0 Å². The number of hydrogen-bond donors (Lipinski definition) is 0. The first-order valence-electron chi connectivity index (χ1n) is 5.20. The maximum Gasteiger partial charge on any atom is -0.0303 e. The highest BCUT2D eigenvalue weighted by molar-refractivity contribution is 4.83. The van der Waals surface area contributed by atoms with Crippen molar-refractivity contribution in [2.75, 3.05) is 0 Å². The second-order valence-electron chi connectivity index (χ2n) is 5.85. The highest BCUT2D eigenvalue weighted by Gasteiger charge is 2.33. The van der Waals surface area contributed by atoms with E-state index in [1.54, 1.807) is 0 Å². The zero-order chi connectivity index (χ0) is 9.99. The van der Waals surface area contributed by atoms with Gasteiger partial charge in [-0.2, -0.15) is 0 Å². The largest absolute Gasteiger partial charge is 0.0651 e. The second-order valence-corrected chi connectivity index (χ2v) is 5.85. The highest BCUT2D eigenvalue weighted by atomic mass is 14.4. The summed E-state index contributed by atoms with van der Waals surface area (Å²) in [7, 11) is 0. The fourth-order valence-electron chi connectivity index (χ4n) is 1.32. The topological polar surface area (TPSA) is 0 Å². The minimum atomic E-state index is 0.427. The molecule has 0 aromatic carbocycles. The van der Waals surface area contributed by atoms with Crippen LogP contribution in [0.4, 0.5) is 0 Å². The molecule has 74 valence electrons. The molecular weight excluding hydrogens is 144 g/mol. The fourth-order valence-corrected chi connectivity index (χ4v) is 1.32. The van der Waals surface area contributed by atoms with E-state index in [1.807, 2.05) is 0 Å². The first-order chi connectivity index (χ1) is 5.20.